The lowest BCUT2D eigenvalue weighted by Gasteiger charge is -2.04. The monoisotopic (exact) mass is 336 g/mol. The van der Waals surface area contributed by atoms with Gasteiger partial charge in [-0.25, -0.2) is 0 Å². The summed E-state index contributed by atoms with van der Waals surface area (Å²) >= 11 is 3.24. The van der Waals surface area contributed by atoms with Crippen LogP contribution in [0.5, 0.6) is 0 Å². The molecule has 3 aromatic rings. The van der Waals surface area contributed by atoms with E-state index in [0.717, 1.165) is 18.5 Å². The molecule has 0 fully saturated rings. The van der Waals surface area contributed by atoms with Crippen LogP contribution in [0.25, 0.3) is 11.1 Å². The van der Waals surface area contributed by atoms with Gasteiger partial charge >= 0.3 is 0 Å². The highest BCUT2D eigenvalue weighted by Gasteiger charge is 2.11. The van der Waals surface area contributed by atoms with Crippen molar-refractivity contribution in [3.8, 4) is 0 Å². The summed E-state index contributed by atoms with van der Waals surface area (Å²) in [7, 11) is 0. The Balaban J connectivity index is 1.52. The van der Waals surface area contributed by atoms with Gasteiger partial charge in [0.15, 0.2) is 10.3 Å². The summed E-state index contributed by atoms with van der Waals surface area (Å²) in [6.45, 7) is 1.38. The Morgan fingerprint density at radius 2 is 2.40 bits per heavy atom. The van der Waals surface area contributed by atoms with Crippen LogP contribution in [0, 0.1) is 0 Å². The third kappa shape index (κ3) is 2.77. The van der Waals surface area contributed by atoms with Crippen molar-refractivity contribution in [3.05, 3.63) is 41.0 Å². The summed E-state index contributed by atoms with van der Waals surface area (Å²) in [5.41, 5.74) is 1.97. The Kier molecular flexibility index (Phi) is 3.60. The van der Waals surface area contributed by atoms with Crippen molar-refractivity contribution < 1.29 is 9.21 Å². The molecule has 1 amide bonds. The minimum atomic E-state index is -0.131. The van der Waals surface area contributed by atoms with E-state index in [1.807, 2.05) is 16.9 Å². The van der Waals surface area contributed by atoms with Gasteiger partial charge in [-0.1, -0.05) is 0 Å². The van der Waals surface area contributed by atoms with E-state index < -0.39 is 0 Å². The van der Waals surface area contributed by atoms with Crippen LogP contribution in [0.2, 0.25) is 0 Å². The predicted molar refractivity (Wildman–Crippen MR) is 77.4 cm³/mol. The number of carbonyl (C=O) groups is 1. The van der Waals surface area contributed by atoms with Crippen LogP contribution in [-0.4, -0.2) is 27.2 Å². The van der Waals surface area contributed by atoms with E-state index in [9.17, 15) is 4.79 Å². The van der Waals surface area contributed by atoms with Crippen LogP contribution in [0.15, 0.2) is 39.7 Å². The van der Waals surface area contributed by atoms with Gasteiger partial charge in [0, 0.05) is 37.6 Å². The van der Waals surface area contributed by atoms with Gasteiger partial charge in [-0.3, -0.25) is 9.48 Å². The fourth-order valence-corrected chi connectivity index (χ4v) is 2.39. The lowest BCUT2D eigenvalue weighted by atomic mass is 10.3. The third-order valence-corrected chi connectivity index (χ3v) is 3.32. The molecule has 0 aliphatic carbocycles. The molecule has 6 nitrogen and oxygen atoms in total. The van der Waals surface area contributed by atoms with Crippen molar-refractivity contribution >= 4 is 32.9 Å². The molecule has 7 heteroatoms. The van der Waals surface area contributed by atoms with Gasteiger partial charge < -0.3 is 14.7 Å². The highest BCUT2D eigenvalue weighted by molar-refractivity contribution is 9.10. The van der Waals surface area contributed by atoms with E-state index in [1.165, 1.54) is 0 Å². The van der Waals surface area contributed by atoms with E-state index in [2.05, 4.69) is 31.3 Å². The highest BCUT2D eigenvalue weighted by Crippen LogP contribution is 2.23. The first-order valence-corrected chi connectivity index (χ1v) is 7.05. The molecule has 104 valence electrons. The average Bonchev–Trinajstić information content (AvgIpc) is 3.09. The van der Waals surface area contributed by atoms with E-state index in [1.54, 1.807) is 18.3 Å². The van der Waals surface area contributed by atoms with Crippen molar-refractivity contribution in [3.63, 3.8) is 0 Å². The second-order valence-electron chi connectivity index (χ2n) is 4.39. The van der Waals surface area contributed by atoms with E-state index in [0.29, 0.717) is 22.5 Å². The predicted octanol–water partition coefficient (Wildman–Crippen LogP) is 2.54. The fraction of sp³-hybridized carbons (Fsp3) is 0.231. The number of aryl methyl sites for hydroxylation is 1. The first-order chi connectivity index (χ1) is 9.72. The second-order valence-corrected chi connectivity index (χ2v) is 5.17. The molecule has 3 aromatic heterocycles. The molecule has 0 aliphatic heterocycles. The van der Waals surface area contributed by atoms with Crippen LogP contribution in [0.3, 0.4) is 0 Å². The molecule has 0 saturated heterocycles. The van der Waals surface area contributed by atoms with Gasteiger partial charge in [-0.15, -0.1) is 0 Å². The van der Waals surface area contributed by atoms with Crippen LogP contribution < -0.4 is 5.32 Å². The fourth-order valence-electron chi connectivity index (χ4n) is 1.98. The number of aromatic nitrogens is 3. The number of H-pyrrole nitrogens is 1. The summed E-state index contributed by atoms with van der Waals surface area (Å²) in [6.07, 6.45) is 4.47. The molecule has 2 N–H and O–H groups in total. The zero-order valence-electron chi connectivity index (χ0n) is 10.6. The van der Waals surface area contributed by atoms with E-state index in [4.69, 9.17) is 4.42 Å². The molecular formula is C13H13BrN4O2. The van der Waals surface area contributed by atoms with Crippen molar-refractivity contribution in [1.82, 2.24) is 20.1 Å². The Bertz CT molecular complexity index is 682. The maximum absolute atomic E-state index is 11.9. The van der Waals surface area contributed by atoms with Crippen LogP contribution in [0.4, 0.5) is 0 Å². The van der Waals surface area contributed by atoms with Crippen molar-refractivity contribution in [2.75, 3.05) is 6.54 Å². The molecule has 0 aliphatic rings. The molecule has 0 atom stereocenters. The number of rotatable bonds is 5. The smallest absolute Gasteiger partial charge is 0.267 e. The largest absolute Gasteiger partial charge is 0.448 e. The van der Waals surface area contributed by atoms with Crippen molar-refractivity contribution in [1.29, 1.82) is 0 Å². The molecule has 0 radical (unpaired) electrons. The number of halogens is 1. The zero-order valence-corrected chi connectivity index (χ0v) is 12.2. The molecule has 0 saturated carbocycles. The maximum atomic E-state index is 11.9. The van der Waals surface area contributed by atoms with E-state index >= 15 is 0 Å². The molecule has 0 bridgehead atoms. The van der Waals surface area contributed by atoms with E-state index in [-0.39, 0.29) is 5.91 Å². The van der Waals surface area contributed by atoms with Gasteiger partial charge in [0.05, 0.1) is 5.52 Å². The summed E-state index contributed by atoms with van der Waals surface area (Å²) in [4.78, 5) is 15.0. The summed E-state index contributed by atoms with van der Waals surface area (Å²) in [6, 6.07) is 5.37. The lowest BCUT2D eigenvalue weighted by Crippen LogP contribution is -2.25. The van der Waals surface area contributed by atoms with Crippen LogP contribution >= 0.6 is 15.9 Å². The molecule has 0 spiro atoms. The van der Waals surface area contributed by atoms with Crippen molar-refractivity contribution in [2.24, 2.45) is 0 Å². The number of carbonyl (C=O) groups excluding carboxylic acids is 1. The van der Waals surface area contributed by atoms with Crippen molar-refractivity contribution in [2.45, 2.75) is 13.0 Å². The number of hydrogen-bond acceptors (Lipinski definition) is 3. The number of amides is 1. The topological polar surface area (TPSA) is 75.8 Å². The number of nitrogens with zero attached hydrogens (tertiary/aromatic N) is 2. The quantitative estimate of drug-likeness (QED) is 0.703. The molecule has 3 heterocycles. The minimum absolute atomic E-state index is 0.131. The second kappa shape index (κ2) is 5.54. The van der Waals surface area contributed by atoms with Gasteiger partial charge in [0.2, 0.25) is 0 Å². The summed E-state index contributed by atoms with van der Waals surface area (Å²) in [5, 5.41) is 6.96. The molecule has 0 aromatic carbocycles. The highest BCUT2D eigenvalue weighted by atomic mass is 79.9. The summed E-state index contributed by atoms with van der Waals surface area (Å²) in [5.74, 6) is -0.131. The Labute approximate surface area is 123 Å². The number of fused-ring (bicyclic) bond motifs is 1. The summed E-state index contributed by atoms with van der Waals surface area (Å²) < 4.78 is 7.85. The molecule has 3 rings (SSSR count). The Hall–Kier alpha value is -2.02. The minimum Gasteiger partial charge on any atom is -0.448 e. The number of hydrogen-bond donors (Lipinski definition) is 2. The maximum Gasteiger partial charge on any atom is 0.267 e. The first kappa shape index (κ1) is 13.0. The lowest BCUT2D eigenvalue weighted by molar-refractivity contribution is 0.0948. The molecular weight excluding hydrogens is 324 g/mol. The number of aromatic amines is 1. The van der Waals surface area contributed by atoms with Crippen LogP contribution in [0.1, 0.15) is 16.9 Å². The normalized spacial score (nSPS) is 11.1. The molecule has 0 unspecified atom stereocenters. The third-order valence-electron chi connectivity index (χ3n) is 2.93. The zero-order chi connectivity index (χ0) is 13.9. The standard InChI is InChI=1S/C13H13BrN4O2/c14-12-8-9-11(20-12)7-10(17-9)13(19)15-3-1-5-18-6-2-4-16-18/h2,4,6-8,17H,1,3,5H2,(H,15,19). The van der Waals surface area contributed by atoms with Gasteiger partial charge in [0.25, 0.3) is 5.91 Å². The average molecular weight is 337 g/mol. The first-order valence-electron chi connectivity index (χ1n) is 6.26. The van der Waals surface area contributed by atoms with Gasteiger partial charge in [0.1, 0.15) is 5.69 Å². The SMILES string of the molecule is O=C(NCCCn1cccn1)c1cc2oc(Br)cc2[nH]1. The Morgan fingerprint density at radius 1 is 1.50 bits per heavy atom. The Morgan fingerprint density at radius 3 is 3.15 bits per heavy atom. The number of furan rings is 1. The van der Waals surface area contributed by atoms with Gasteiger partial charge in [-0.2, -0.15) is 5.10 Å². The molecule has 20 heavy (non-hydrogen) atoms. The number of nitrogens with one attached hydrogen (secondary N) is 2. The van der Waals surface area contributed by atoms with Gasteiger partial charge in [-0.05, 0) is 28.4 Å². The van der Waals surface area contributed by atoms with Crippen LogP contribution in [-0.2, 0) is 6.54 Å².